The lowest BCUT2D eigenvalue weighted by Crippen LogP contribution is -2.53. The normalized spacial score (nSPS) is 16.0. The maximum Gasteiger partial charge on any atom is 0.355 e. The number of anilines is 4. The molecule has 194 valence electrons. The van der Waals surface area contributed by atoms with E-state index in [1.807, 2.05) is 24.3 Å². The molecule has 4 N–H and O–H groups in total. The highest BCUT2D eigenvalue weighted by Crippen LogP contribution is 2.31. The number of likely N-dealkylation sites (N-methyl/N-ethyl adjacent to an activating group) is 1. The van der Waals surface area contributed by atoms with Gasteiger partial charge < -0.3 is 26.0 Å². The number of hydrogen-bond donors (Lipinski definition) is 3. The molecule has 4 aromatic rings. The lowest BCUT2D eigenvalue weighted by atomic mass is 10.1. The molecule has 0 bridgehead atoms. The zero-order valence-corrected chi connectivity index (χ0v) is 20.9. The van der Waals surface area contributed by atoms with Crippen molar-refractivity contribution in [3.05, 3.63) is 69.2 Å². The van der Waals surface area contributed by atoms with Gasteiger partial charge in [0.2, 0.25) is 5.95 Å². The number of aromatic nitrogens is 4. The van der Waals surface area contributed by atoms with Crippen LogP contribution in [0.5, 0.6) is 0 Å². The van der Waals surface area contributed by atoms with Crippen LogP contribution in [0.4, 0.5) is 23.1 Å². The topological polar surface area (TPSA) is 125 Å². The molecule has 0 unspecified atom stereocenters. The van der Waals surface area contributed by atoms with Crippen molar-refractivity contribution < 1.29 is 5.11 Å². The molecule has 0 amide bonds. The zero-order valence-electron chi connectivity index (χ0n) is 19.4. The van der Waals surface area contributed by atoms with Crippen molar-refractivity contribution >= 4 is 57.4 Å². The minimum absolute atomic E-state index is 0. The third-order valence-electron chi connectivity index (χ3n) is 6.19. The fraction of sp³-hybridized carbons (Fsp3) is 0.280. The van der Waals surface area contributed by atoms with E-state index < -0.39 is 5.69 Å². The van der Waals surface area contributed by atoms with Crippen LogP contribution in [0.15, 0.2) is 53.5 Å². The first-order valence-electron chi connectivity index (χ1n) is 11.3. The van der Waals surface area contributed by atoms with Crippen LogP contribution in [0.1, 0.15) is 7.43 Å². The van der Waals surface area contributed by atoms with E-state index in [0.29, 0.717) is 5.39 Å². The van der Waals surface area contributed by atoms with Gasteiger partial charge in [-0.05, 0) is 43.4 Å². The number of rotatable bonds is 5. The molecule has 0 spiro atoms. The van der Waals surface area contributed by atoms with E-state index in [0.717, 1.165) is 35.6 Å². The van der Waals surface area contributed by atoms with Gasteiger partial charge in [0, 0.05) is 37.2 Å². The van der Waals surface area contributed by atoms with E-state index in [9.17, 15) is 9.90 Å². The molecule has 1 aliphatic heterocycles. The number of para-hydroxylation sites is 1. The number of nitrogens with zero attached hydrogens (tertiary/aromatic N) is 6. The molecule has 0 aliphatic carbocycles. The van der Waals surface area contributed by atoms with E-state index in [2.05, 4.69) is 37.1 Å². The second-order valence-corrected chi connectivity index (χ2v) is 9.39. The molecule has 37 heavy (non-hydrogen) atoms. The summed E-state index contributed by atoms with van der Waals surface area (Å²) in [5.41, 5.74) is 7.82. The molecule has 1 atom stereocenters. The standard InChI is InChI=1S/C24H24Cl2N8O2.CH4/c1-32-9-10-33(16(12-32)13-35)15-7-5-14(6-8-15)29-23-28-11-17-21(27)34(24(36)31-22(17)30-23)20-18(25)3-2-4-19(20)26;/h2-8,11,16,35H,9-10,12-13,27H2,1H3,(H,29,30,31,36);1H4/t16-;/m0./s1. The monoisotopic (exact) mass is 542 g/mol. The second-order valence-electron chi connectivity index (χ2n) is 8.58. The van der Waals surface area contributed by atoms with Crippen molar-refractivity contribution in [2.75, 3.05) is 49.2 Å². The minimum Gasteiger partial charge on any atom is -0.394 e. The van der Waals surface area contributed by atoms with Crippen LogP contribution in [0.25, 0.3) is 16.7 Å². The van der Waals surface area contributed by atoms with Gasteiger partial charge in [-0.15, -0.1) is 0 Å². The molecule has 10 nitrogen and oxygen atoms in total. The van der Waals surface area contributed by atoms with Gasteiger partial charge in [0.25, 0.3) is 0 Å². The molecule has 1 fully saturated rings. The van der Waals surface area contributed by atoms with Crippen LogP contribution < -0.4 is 21.6 Å². The van der Waals surface area contributed by atoms with E-state index in [4.69, 9.17) is 28.9 Å². The second kappa shape index (κ2) is 10.9. The number of benzene rings is 2. The van der Waals surface area contributed by atoms with Crippen LogP contribution in [0, 0.1) is 0 Å². The average molecular weight is 543 g/mol. The van der Waals surface area contributed by atoms with Gasteiger partial charge in [-0.3, -0.25) is 0 Å². The number of nitrogen functional groups attached to an aromatic ring is 1. The highest BCUT2D eigenvalue weighted by molar-refractivity contribution is 6.37. The van der Waals surface area contributed by atoms with Crippen molar-refractivity contribution in [2.24, 2.45) is 0 Å². The Morgan fingerprint density at radius 3 is 2.49 bits per heavy atom. The predicted octanol–water partition coefficient (Wildman–Crippen LogP) is 3.56. The summed E-state index contributed by atoms with van der Waals surface area (Å²) in [4.78, 5) is 30.1. The Kier molecular flexibility index (Phi) is 7.84. The molecule has 3 heterocycles. The zero-order chi connectivity index (χ0) is 25.4. The number of aliphatic hydroxyl groups is 1. The number of hydrogen-bond acceptors (Lipinski definition) is 9. The Balaban J connectivity index is 0.00000320. The number of nitrogens with two attached hydrogens (primary N) is 1. The fourth-order valence-electron chi connectivity index (χ4n) is 4.35. The van der Waals surface area contributed by atoms with Crippen molar-refractivity contribution in [1.82, 2.24) is 24.4 Å². The van der Waals surface area contributed by atoms with E-state index in [1.54, 1.807) is 18.2 Å². The third-order valence-corrected chi connectivity index (χ3v) is 6.80. The summed E-state index contributed by atoms with van der Waals surface area (Å²) >= 11 is 12.5. The number of fused-ring (bicyclic) bond motifs is 1. The van der Waals surface area contributed by atoms with Crippen LogP contribution in [-0.2, 0) is 0 Å². The first kappa shape index (κ1) is 26.6. The summed E-state index contributed by atoms with van der Waals surface area (Å²) in [5, 5.41) is 13.8. The Morgan fingerprint density at radius 1 is 1.11 bits per heavy atom. The van der Waals surface area contributed by atoms with Gasteiger partial charge in [-0.1, -0.05) is 36.7 Å². The van der Waals surface area contributed by atoms with Crippen LogP contribution in [0.3, 0.4) is 0 Å². The summed E-state index contributed by atoms with van der Waals surface area (Å²) in [6.45, 7) is 2.67. The summed E-state index contributed by atoms with van der Waals surface area (Å²) in [7, 11) is 2.06. The Labute approximate surface area is 224 Å². The highest BCUT2D eigenvalue weighted by Gasteiger charge is 2.24. The molecule has 2 aromatic heterocycles. The maximum absolute atomic E-state index is 12.8. The molecular formula is C25H28Cl2N8O2. The summed E-state index contributed by atoms with van der Waals surface area (Å²) in [6.07, 6.45) is 1.50. The first-order valence-corrected chi connectivity index (χ1v) is 12.0. The Bertz CT molecular complexity index is 1460. The van der Waals surface area contributed by atoms with Crippen LogP contribution in [-0.4, -0.2) is 68.9 Å². The summed E-state index contributed by atoms with van der Waals surface area (Å²) in [5.74, 6) is 0.351. The highest BCUT2D eigenvalue weighted by atomic mass is 35.5. The number of halogens is 2. The van der Waals surface area contributed by atoms with Gasteiger partial charge in [-0.2, -0.15) is 9.97 Å². The van der Waals surface area contributed by atoms with Crippen LogP contribution >= 0.6 is 23.2 Å². The van der Waals surface area contributed by atoms with Gasteiger partial charge in [0.1, 0.15) is 5.82 Å². The van der Waals surface area contributed by atoms with E-state index in [-0.39, 0.29) is 53.2 Å². The molecule has 1 saturated heterocycles. The van der Waals surface area contributed by atoms with Crippen molar-refractivity contribution in [3.63, 3.8) is 0 Å². The Hall–Kier alpha value is -3.44. The number of piperazine rings is 1. The SMILES string of the molecule is C.CN1CCN(c2ccc(Nc3ncc4c(N)n(-c5c(Cl)cccc5Cl)c(=O)nc4n3)cc2)[C@H](CO)C1. The van der Waals surface area contributed by atoms with Gasteiger partial charge in [0.05, 0.1) is 33.8 Å². The first-order chi connectivity index (χ1) is 17.4. The van der Waals surface area contributed by atoms with Crippen molar-refractivity contribution in [2.45, 2.75) is 13.5 Å². The third kappa shape index (κ3) is 5.19. The molecule has 5 rings (SSSR count). The smallest absolute Gasteiger partial charge is 0.355 e. The Morgan fingerprint density at radius 2 is 1.81 bits per heavy atom. The van der Waals surface area contributed by atoms with Gasteiger partial charge in [-0.25, -0.2) is 14.3 Å². The maximum atomic E-state index is 12.8. The summed E-state index contributed by atoms with van der Waals surface area (Å²) < 4.78 is 1.15. The van der Waals surface area contributed by atoms with Crippen LogP contribution in [0.2, 0.25) is 10.0 Å². The number of nitrogens with one attached hydrogen (secondary N) is 1. The van der Waals surface area contributed by atoms with Gasteiger partial charge in [0.15, 0.2) is 5.65 Å². The van der Waals surface area contributed by atoms with Crippen molar-refractivity contribution in [1.29, 1.82) is 0 Å². The molecule has 0 saturated carbocycles. The predicted molar refractivity (Wildman–Crippen MR) is 150 cm³/mol. The fourth-order valence-corrected chi connectivity index (χ4v) is 4.92. The van der Waals surface area contributed by atoms with Crippen molar-refractivity contribution in [3.8, 4) is 5.69 Å². The molecule has 2 aromatic carbocycles. The largest absolute Gasteiger partial charge is 0.394 e. The van der Waals surface area contributed by atoms with E-state index >= 15 is 0 Å². The minimum atomic E-state index is -0.658. The molecule has 1 aliphatic rings. The van der Waals surface area contributed by atoms with E-state index in [1.165, 1.54) is 6.20 Å². The summed E-state index contributed by atoms with van der Waals surface area (Å²) in [6, 6.07) is 12.7. The average Bonchev–Trinajstić information content (AvgIpc) is 2.86. The van der Waals surface area contributed by atoms with Gasteiger partial charge >= 0.3 is 5.69 Å². The molecule has 0 radical (unpaired) electrons. The molecule has 12 heteroatoms. The quantitative estimate of drug-likeness (QED) is 0.347. The molecular weight excluding hydrogens is 515 g/mol. The number of aliphatic hydroxyl groups excluding tert-OH is 1. The lowest BCUT2D eigenvalue weighted by Gasteiger charge is -2.40. The lowest BCUT2D eigenvalue weighted by molar-refractivity contribution is 0.191.